The summed E-state index contributed by atoms with van der Waals surface area (Å²) in [7, 11) is 0. The van der Waals surface area contributed by atoms with Crippen LogP contribution in [0.1, 0.15) is 0 Å². The second kappa shape index (κ2) is 7.02. The highest BCUT2D eigenvalue weighted by Gasteiger charge is 2.05. The molecule has 4 nitrogen and oxygen atoms in total. The quantitative estimate of drug-likeness (QED) is 0.771. The van der Waals surface area contributed by atoms with E-state index in [0.717, 1.165) is 10.6 Å². The van der Waals surface area contributed by atoms with Gasteiger partial charge in [0.05, 0.1) is 0 Å². The van der Waals surface area contributed by atoms with E-state index in [9.17, 15) is 9.18 Å². The molecule has 2 aromatic carbocycles. The lowest BCUT2D eigenvalue weighted by molar-refractivity contribution is -0.118. The van der Waals surface area contributed by atoms with Crippen LogP contribution < -0.4 is 10.1 Å². The van der Waals surface area contributed by atoms with E-state index in [2.05, 4.69) is 10.3 Å². The predicted molar refractivity (Wildman–Crippen MR) is 88.1 cm³/mol. The summed E-state index contributed by atoms with van der Waals surface area (Å²) in [6.07, 6.45) is 1.75. The van der Waals surface area contributed by atoms with Gasteiger partial charge in [0, 0.05) is 28.9 Å². The van der Waals surface area contributed by atoms with Crippen molar-refractivity contribution in [3.63, 3.8) is 0 Å². The molecule has 1 aromatic heterocycles. The Kier molecular flexibility index (Phi) is 4.63. The molecule has 116 valence electrons. The van der Waals surface area contributed by atoms with Gasteiger partial charge in [-0.1, -0.05) is 6.07 Å². The monoisotopic (exact) mass is 328 g/mol. The Morgan fingerprint density at radius 1 is 1.22 bits per heavy atom. The number of rotatable bonds is 5. The van der Waals surface area contributed by atoms with E-state index in [1.165, 1.54) is 18.2 Å². The number of benzene rings is 2. The first kappa shape index (κ1) is 15.2. The van der Waals surface area contributed by atoms with E-state index in [0.29, 0.717) is 11.4 Å². The Labute approximate surface area is 136 Å². The average Bonchev–Trinajstić information content (AvgIpc) is 3.08. The fraction of sp³-hybridized carbons (Fsp3) is 0.0588. The molecule has 3 rings (SSSR count). The first-order valence-electron chi connectivity index (χ1n) is 6.89. The zero-order chi connectivity index (χ0) is 16.1. The van der Waals surface area contributed by atoms with E-state index in [1.807, 2.05) is 17.5 Å². The van der Waals surface area contributed by atoms with E-state index >= 15 is 0 Å². The molecule has 0 aliphatic rings. The van der Waals surface area contributed by atoms with Crippen LogP contribution in [0.2, 0.25) is 0 Å². The molecule has 0 saturated carbocycles. The third-order valence-corrected chi connectivity index (χ3v) is 3.84. The molecule has 0 radical (unpaired) electrons. The van der Waals surface area contributed by atoms with Crippen molar-refractivity contribution in [1.29, 1.82) is 0 Å². The first-order valence-corrected chi connectivity index (χ1v) is 7.77. The van der Waals surface area contributed by atoms with E-state index in [-0.39, 0.29) is 12.5 Å². The minimum Gasteiger partial charge on any atom is -0.484 e. The maximum absolute atomic E-state index is 13.0. The van der Waals surface area contributed by atoms with Gasteiger partial charge < -0.3 is 10.1 Å². The van der Waals surface area contributed by atoms with Crippen molar-refractivity contribution in [2.24, 2.45) is 0 Å². The van der Waals surface area contributed by atoms with Crippen molar-refractivity contribution in [3.05, 3.63) is 65.9 Å². The third kappa shape index (κ3) is 4.14. The standard InChI is InChI=1S/C17H13FN2O2S/c18-13-2-1-3-15(10-13)22-11-16(21)20-14-6-4-12(5-7-14)17-19-8-9-23-17/h1-10H,11H2,(H,20,21). The number of hydrogen-bond donors (Lipinski definition) is 1. The van der Waals surface area contributed by atoms with Gasteiger partial charge >= 0.3 is 0 Å². The van der Waals surface area contributed by atoms with Crippen molar-refractivity contribution in [2.75, 3.05) is 11.9 Å². The Balaban J connectivity index is 1.55. The summed E-state index contributed by atoms with van der Waals surface area (Å²) < 4.78 is 18.3. The van der Waals surface area contributed by atoms with Crippen LogP contribution in [0.25, 0.3) is 10.6 Å². The number of carbonyl (C=O) groups is 1. The minimum absolute atomic E-state index is 0.183. The molecule has 0 aliphatic carbocycles. The molecule has 1 N–H and O–H groups in total. The number of nitrogens with zero attached hydrogens (tertiary/aromatic N) is 1. The van der Waals surface area contributed by atoms with Crippen LogP contribution in [0.3, 0.4) is 0 Å². The lowest BCUT2D eigenvalue weighted by Crippen LogP contribution is -2.20. The fourth-order valence-electron chi connectivity index (χ4n) is 1.96. The molecule has 0 fully saturated rings. The number of thiazole rings is 1. The maximum Gasteiger partial charge on any atom is 0.262 e. The number of ether oxygens (including phenoxy) is 1. The summed E-state index contributed by atoms with van der Waals surface area (Å²) in [6.45, 7) is -0.183. The molecule has 0 atom stereocenters. The van der Waals surface area contributed by atoms with E-state index in [1.54, 1.807) is 35.7 Å². The third-order valence-electron chi connectivity index (χ3n) is 3.01. The van der Waals surface area contributed by atoms with Crippen LogP contribution in [-0.4, -0.2) is 17.5 Å². The van der Waals surface area contributed by atoms with Gasteiger partial charge in [-0.15, -0.1) is 11.3 Å². The average molecular weight is 328 g/mol. The summed E-state index contributed by atoms with van der Waals surface area (Å²) in [5.74, 6) is -0.392. The van der Waals surface area contributed by atoms with Crippen molar-refractivity contribution < 1.29 is 13.9 Å². The molecule has 6 heteroatoms. The number of halogens is 1. The summed E-state index contributed by atoms with van der Waals surface area (Å²) >= 11 is 1.55. The molecule has 1 amide bonds. The van der Waals surface area contributed by atoms with Crippen molar-refractivity contribution >= 4 is 22.9 Å². The number of hydrogen-bond acceptors (Lipinski definition) is 4. The molecule has 1 heterocycles. The van der Waals surface area contributed by atoms with Gasteiger partial charge in [0.15, 0.2) is 6.61 Å². The molecule has 0 saturated heterocycles. The molecule has 0 bridgehead atoms. The number of anilines is 1. The Bertz CT molecular complexity index is 789. The van der Waals surface area contributed by atoms with Gasteiger partial charge in [-0.2, -0.15) is 0 Å². The number of nitrogens with one attached hydrogen (secondary N) is 1. The van der Waals surface area contributed by atoms with E-state index in [4.69, 9.17) is 4.74 Å². The van der Waals surface area contributed by atoms with Gasteiger partial charge in [0.2, 0.25) is 0 Å². The van der Waals surface area contributed by atoms with Gasteiger partial charge in [-0.3, -0.25) is 4.79 Å². The lowest BCUT2D eigenvalue weighted by Gasteiger charge is -2.08. The second-order valence-electron chi connectivity index (χ2n) is 4.71. The van der Waals surface area contributed by atoms with Crippen molar-refractivity contribution in [2.45, 2.75) is 0 Å². The van der Waals surface area contributed by atoms with Crippen molar-refractivity contribution in [1.82, 2.24) is 4.98 Å². The molecular formula is C17H13FN2O2S. The number of carbonyl (C=O) groups excluding carboxylic acids is 1. The normalized spacial score (nSPS) is 10.3. The SMILES string of the molecule is O=C(COc1cccc(F)c1)Nc1ccc(-c2nccs2)cc1. The van der Waals surface area contributed by atoms with Crippen molar-refractivity contribution in [3.8, 4) is 16.3 Å². The van der Waals surface area contributed by atoms with Crippen LogP contribution in [0.5, 0.6) is 5.75 Å². The minimum atomic E-state index is -0.402. The van der Waals surface area contributed by atoms with E-state index < -0.39 is 5.82 Å². The second-order valence-corrected chi connectivity index (χ2v) is 5.60. The highest BCUT2D eigenvalue weighted by Crippen LogP contribution is 2.23. The van der Waals surface area contributed by atoms with Crippen LogP contribution in [0, 0.1) is 5.82 Å². The Hall–Kier alpha value is -2.73. The summed E-state index contributed by atoms with van der Waals surface area (Å²) in [6, 6.07) is 13.1. The molecule has 0 aliphatic heterocycles. The van der Waals surface area contributed by atoms with Crippen LogP contribution in [0.15, 0.2) is 60.1 Å². The van der Waals surface area contributed by atoms with Crippen LogP contribution >= 0.6 is 11.3 Å². The zero-order valence-corrected chi connectivity index (χ0v) is 12.8. The Morgan fingerprint density at radius 2 is 2.04 bits per heavy atom. The molecule has 3 aromatic rings. The molecular weight excluding hydrogens is 315 g/mol. The van der Waals surface area contributed by atoms with Gasteiger partial charge in [0.1, 0.15) is 16.6 Å². The molecule has 0 spiro atoms. The summed E-state index contributed by atoms with van der Waals surface area (Å²) in [5, 5.41) is 5.56. The summed E-state index contributed by atoms with van der Waals surface area (Å²) in [4.78, 5) is 16.1. The summed E-state index contributed by atoms with van der Waals surface area (Å²) in [5.41, 5.74) is 1.66. The highest BCUT2D eigenvalue weighted by atomic mass is 32.1. The Morgan fingerprint density at radius 3 is 2.74 bits per heavy atom. The van der Waals surface area contributed by atoms with Gasteiger partial charge in [-0.25, -0.2) is 9.37 Å². The highest BCUT2D eigenvalue weighted by molar-refractivity contribution is 7.13. The zero-order valence-electron chi connectivity index (χ0n) is 12.0. The lowest BCUT2D eigenvalue weighted by atomic mass is 10.2. The fourth-order valence-corrected chi connectivity index (χ4v) is 2.61. The molecule has 23 heavy (non-hydrogen) atoms. The molecule has 0 unspecified atom stereocenters. The number of amides is 1. The maximum atomic E-state index is 13.0. The predicted octanol–water partition coefficient (Wildman–Crippen LogP) is 3.97. The first-order chi connectivity index (χ1) is 11.2. The van der Waals surface area contributed by atoms with Gasteiger partial charge in [0.25, 0.3) is 5.91 Å². The van der Waals surface area contributed by atoms with Gasteiger partial charge in [-0.05, 0) is 36.4 Å². The smallest absolute Gasteiger partial charge is 0.262 e. The van der Waals surface area contributed by atoms with Crippen LogP contribution in [-0.2, 0) is 4.79 Å². The van der Waals surface area contributed by atoms with Crippen LogP contribution in [0.4, 0.5) is 10.1 Å². The number of aromatic nitrogens is 1. The largest absolute Gasteiger partial charge is 0.484 e. The topological polar surface area (TPSA) is 51.2 Å².